The summed E-state index contributed by atoms with van der Waals surface area (Å²) in [7, 11) is 0. The summed E-state index contributed by atoms with van der Waals surface area (Å²) in [6.07, 6.45) is 38.2. The van der Waals surface area contributed by atoms with E-state index in [9.17, 15) is 45.6 Å². The summed E-state index contributed by atoms with van der Waals surface area (Å²) in [4.78, 5) is 13.3. The van der Waals surface area contributed by atoms with E-state index in [-0.39, 0.29) is 12.5 Å². The van der Waals surface area contributed by atoms with Crippen LogP contribution >= 0.6 is 0 Å². The molecule has 1 amide bonds. The molecular formula is C62H121NO13. The van der Waals surface area contributed by atoms with Gasteiger partial charge in [0.05, 0.1) is 32.0 Å². The van der Waals surface area contributed by atoms with Crippen LogP contribution in [0.15, 0.2) is 0 Å². The molecule has 0 spiro atoms. The second-order valence-electron chi connectivity index (χ2n) is 23.3. The quantitative estimate of drug-likeness (QED) is 0.0259. The molecule has 452 valence electrons. The number of unbranched alkanes of at least 4 members (excludes halogenated alkanes) is 40. The first-order valence-electron chi connectivity index (χ1n) is 32.3. The molecule has 0 saturated carbocycles. The highest BCUT2D eigenvalue weighted by molar-refractivity contribution is 5.76. The largest absolute Gasteiger partial charge is 0.394 e. The third-order valence-corrected chi connectivity index (χ3v) is 16.3. The van der Waals surface area contributed by atoms with Crippen LogP contribution in [0, 0.1) is 0 Å². The van der Waals surface area contributed by atoms with Crippen molar-refractivity contribution in [3.8, 4) is 0 Å². The average molecular weight is 1090 g/mol. The Bertz CT molecular complexity index is 1280. The number of amides is 1. The fourth-order valence-electron chi connectivity index (χ4n) is 11.1. The molecule has 0 aromatic carbocycles. The van der Waals surface area contributed by atoms with Crippen LogP contribution in [0.2, 0.25) is 0 Å². The van der Waals surface area contributed by atoms with Gasteiger partial charge in [-0.15, -0.1) is 0 Å². The first-order valence-corrected chi connectivity index (χ1v) is 32.3. The topological polar surface area (TPSA) is 228 Å². The smallest absolute Gasteiger partial charge is 0.220 e. The highest BCUT2D eigenvalue weighted by Crippen LogP contribution is 2.30. The van der Waals surface area contributed by atoms with Gasteiger partial charge in [0.15, 0.2) is 12.6 Å². The van der Waals surface area contributed by atoms with Gasteiger partial charge in [-0.25, -0.2) is 0 Å². The molecule has 76 heavy (non-hydrogen) atoms. The summed E-state index contributed by atoms with van der Waals surface area (Å²) in [5.74, 6) is -0.198. The fourth-order valence-corrected chi connectivity index (χ4v) is 11.1. The van der Waals surface area contributed by atoms with Gasteiger partial charge in [-0.1, -0.05) is 277 Å². The number of hydrogen-bond donors (Lipinski definition) is 9. The van der Waals surface area contributed by atoms with Gasteiger partial charge in [0.25, 0.3) is 0 Å². The third kappa shape index (κ3) is 33.7. The van der Waals surface area contributed by atoms with Crippen molar-refractivity contribution >= 4 is 5.91 Å². The maximum atomic E-state index is 13.3. The molecular weight excluding hydrogens is 967 g/mol. The number of nitrogens with one attached hydrogen (secondary N) is 1. The van der Waals surface area contributed by atoms with Crippen molar-refractivity contribution in [3.05, 3.63) is 0 Å². The summed E-state index contributed by atoms with van der Waals surface area (Å²) in [5.41, 5.74) is 0. The Balaban J connectivity index is 1.71. The summed E-state index contributed by atoms with van der Waals surface area (Å²) in [6, 6.07) is -0.823. The van der Waals surface area contributed by atoms with Gasteiger partial charge in [-0.2, -0.15) is 0 Å². The molecule has 9 N–H and O–H groups in total. The molecule has 2 heterocycles. The van der Waals surface area contributed by atoms with Gasteiger partial charge in [0.2, 0.25) is 5.91 Å². The zero-order valence-corrected chi connectivity index (χ0v) is 48.8. The molecule has 0 bridgehead atoms. The minimum Gasteiger partial charge on any atom is -0.394 e. The van der Waals surface area contributed by atoms with E-state index in [1.165, 1.54) is 218 Å². The second kappa shape index (κ2) is 48.7. The molecule has 0 aliphatic carbocycles. The van der Waals surface area contributed by atoms with Crippen LogP contribution in [-0.4, -0.2) is 140 Å². The molecule has 2 aliphatic rings. The van der Waals surface area contributed by atoms with Gasteiger partial charge in [0, 0.05) is 6.42 Å². The van der Waals surface area contributed by atoms with Crippen LogP contribution in [0.3, 0.4) is 0 Å². The minimum absolute atomic E-state index is 0.198. The first-order chi connectivity index (χ1) is 37.1. The molecule has 0 aromatic heterocycles. The lowest BCUT2D eigenvalue weighted by Gasteiger charge is -2.46. The van der Waals surface area contributed by atoms with Crippen molar-refractivity contribution in [1.29, 1.82) is 0 Å². The monoisotopic (exact) mass is 1090 g/mol. The Morgan fingerprint density at radius 2 is 0.750 bits per heavy atom. The molecule has 0 radical (unpaired) electrons. The number of carbonyl (C=O) groups excluding carboxylic acids is 1. The van der Waals surface area contributed by atoms with E-state index in [0.29, 0.717) is 12.8 Å². The van der Waals surface area contributed by atoms with Crippen LogP contribution in [0.4, 0.5) is 0 Å². The van der Waals surface area contributed by atoms with Crippen LogP contribution in [0.25, 0.3) is 0 Å². The zero-order chi connectivity index (χ0) is 55.3. The van der Waals surface area contributed by atoms with Crippen molar-refractivity contribution < 1.29 is 64.6 Å². The van der Waals surface area contributed by atoms with Gasteiger partial charge < -0.3 is 65.1 Å². The van der Waals surface area contributed by atoms with E-state index in [1.807, 2.05) is 0 Å². The first kappa shape index (κ1) is 71.1. The van der Waals surface area contributed by atoms with Crippen LogP contribution in [0.1, 0.15) is 296 Å². The minimum atomic E-state index is -1.78. The van der Waals surface area contributed by atoms with E-state index < -0.39 is 86.8 Å². The Labute approximate surface area is 464 Å². The van der Waals surface area contributed by atoms with Gasteiger partial charge in [0.1, 0.15) is 48.8 Å². The number of rotatable bonds is 53. The van der Waals surface area contributed by atoms with Crippen molar-refractivity contribution in [2.75, 3.05) is 19.8 Å². The predicted molar refractivity (Wildman–Crippen MR) is 305 cm³/mol. The lowest BCUT2D eigenvalue weighted by atomic mass is 9.97. The standard InChI is InChI=1S/C62H121NO13/c1-3-5-7-9-11-13-15-17-19-21-23-25-27-29-31-33-35-37-39-41-43-45-51(66)50(49-73-61-59(72)57(70)60(53(48-65)75-61)76-62-58(71)56(69)55(68)52(47-64)74-62)63-54(67)46-44-42-40-38-36-34-32-30-28-26-24-22-20-18-16-14-12-10-8-6-4-2/h50-53,55-62,64-66,68-72H,3-49H2,1-2H3,(H,63,67). The number of aliphatic hydroxyl groups is 8. The van der Waals surface area contributed by atoms with Crippen molar-refractivity contribution in [2.24, 2.45) is 0 Å². The van der Waals surface area contributed by atoms with E-state index in [0.717, 1.165) is 51.4 Å². The maximum Gasteiger partial charge on any atom is 0.220 e. The van der Waals surface area contributed by atoms with Gasteiger partial charge in [-0.3, -0.25) is 4.79 Å². The summed E-state index contributed by atoms with van der Waals surface area (Å²) in [6.45, 7) is 2.92. The maximum absolute atomic E-state index is 13.3. The van der Waals surface area contributed by atoms with Crippen molar-refractivity contribution in [3.63, 3.8) is 0 Å². The molecule has 2 rings (SSSR count). The van der Waals surface area contributed by atoms with Gasteiger partial charge in [-0.05, 0) is 12.8 Å². The van der Waals surface area contributed by atoms with E-state index in [2.05, 4.69) is 19.2 Å². The average Bonchev–Trinajstić information content (AvgIpc) is 3.42. The highest BCUT2D eigenvalue weighted by Gasteiger charge is 2.51. The summed E-state index contributed by atoms with van der Waals surface area (Å²) in [5, 5.41) is 87.4. The fraction of sp³-hybridized carbons (Fsp3) is 0.984. The van der Waals surface area contributed by atoms with Crippen LogP contribution in [-0.2, 0) is 23.7 Å². The van der Waals surface area contributed by atoms with Crippen LogP contribution < -0.4 is 5.32 Å². The van der Waals surface area contributed by atoms with Gasteiger partial charge >= 0.3 is 0 Å². The van der Waals surface area contributed by atoms with E-state index in [1.54, 1.807) is 0 Å². The molecule has 2 saturated heterocycles. The Morgan fingerprint density at radius 3 is 1.12 bits per heavy atom. The Hall–Kier alpha value is -1.01. The molecule has 0 aromatic rings. The molecule has 2 aliphatic heterocycles. The summed E-state index contributed by atoms with van der Waals surface area (Å²) < 4.78 is 22.9. The SMILES string of the molecule is CCCCCCCCCCCCCCCCCCCCCCCC(=O)NC(COC1OC(CO)C(OC2OC(CO)C(O)C(O)C2O)C(O)C1O)C(O)CCCCCCCCCCCCCCCCCCCCCCC. The number of ether oxygens (including phenoxy) is 4. The van der Waals surface area contributed by atoms with Crippen LogP contribution in [0.5, 0.6) is 0 Å². The van der Waals surface area contributed by atoms with E-state index >= 15 is 0 Å². The van der Waals surface area contributed by atoms with E-state index in [4.69, 9.17) is 18.9 Å². The number of carbonyl (C=O) groups is 1. The normalized spacial score (nSPS) is 24.8. The molecule has 14 heteroatoms. The molecule has 12 unspecified atom stereocenters. The molecule has 14 nitrogen and oxygen atoms in total. The second-order valence-corrected chi connectivity index (χ2v) is 23.3. The Kier molecular flexibility index (Phi) is 45.5. The van der Waals surface area contributed by atoms with Crippen molar-refractivity contribution in [2.45, 2.75) is 370 Å². The number of aliphatic hydroxyl groups excluding tert-OH is 8. The van der Waals surface area contributed by atoms with Crippen molar-refractivity contribution in [1.82, 2.24) is 5.32 Å². The lowest BCUT2D eigenvalue weighted by molar-refractivity contribution is -0.359. The summed E-state index contributed by atoms with van der Waals surface area (Å²) >= 11 is 0. The third-order valence-electron chi connectivity index (χ3n) is 16.3. The number of hydrogen-bond acceptors (Lipinski definition) is 13. The predicted octanol–water partition coefficient (Wildman–Crippen LogP) is 11.7. The Morgan fingerprint density at radius 1 is 0.421 bits per heavy atom. The molecule has 2 fully saturated rings. The highest BCUT2D eigenvalue weighted by atomic mass is 16.7. The zero-order valence-electron chi connectivity index (χ0n) is 48.8. The molecule has 12 atom stereocenters. The lowest BCUT2D eigenvalue weighted by Crippen LogP contribution is -2.65.